The molecule has 0 bridgehead atoms. The molecule has 1 N–H and O–H groups in total. The van der Waals surface area contributed by atoms with Gasteiger partial charge in [0.15, 0.2) is 0 Å². The molecule has 3 aliphatic heterocycles. The Balaban J connectivity index is 1.45. The van der Waals surface area contributed by atoms with Crippen LogP contribution in [0.3, 0.4) is 0 Å². The summed E-state index contributed by atoms with van der Waals surface area (Å²) in [4.78, 5) is 31.9. The lowest BCUT2D eigenvalue weighted by Crippen LogP contribution is -2.54. The van der Waals surface area contributed by atoms with E-state index in [1.54, 1.807) is 6.92 Å². The Morgan fingerprint density at radius 2 is 1.69 bits per heavy atom. The van der Waals surface area contributed by atoms with Gasteiger partial charge in [0.25, 0.3) is 5.91 Å². The van der Waals surface area contributed by atoms with Gasteiger partial charge in [-0.2, -0.15) is 0 Å². The van der Waals surface area contributed by atoms with Gasteiger partial charge in [0.05, 0.1) is 29.3 Å². The van der Waals surface area contributed by atoms with Crippen molar-refractivity contribution >= 4 is 33.4 Å². The maximum Gasteiger partial charge on any atom is 0.254 e. The quantitative estimate of drug-likeness (QED) is 0.333. The van der Waals surface area contributed by atoms with Crippen LogP contribution in [0.5, 0.6) is 0 Å². The highest BCUT2D eigenvalue weighted by Crippen LogP contribution is 2.55. The highest BCUT2D eigenvalue weighted by atomic mass is 79.9. The summed E-state index contributed by atoms with van der Waals surface area (Å²) in [5.41, 5.74) is 3.63. The van der Waals surface area contributed by atoms with Crippen LogP contribution in [0.25, 0.3) is 0 Å². The van der Waals surface area contributed by atoms with Crippen molar-refractivity contribution in [3.63, 3.8) is 0 Å². The summed E-state index contributed by atoms with van der Waals surface area (Å²) in [5.74, 6) is -0.329. The van der Waals surface area contributed by atoms with Gasteiger partial charge >= 0.3 is 0 Å². The molecule has 2 fully saturated rings. The first-order valence-electron chi connectivity index (χ1n) is 12.3. The highest BCUT2D eigenvalue weighted by molar-refractivity contribution is 9.10. The number of rotatable bonds is 3. The zero-order valence-corrected chi connectivity index (χ0v) is 21.6. The van der Waals surface area contributed by atoms with E-state index >= 15 is 0 Å². The molecule has 5 nitrogen and oxygen atoms in total. The number of anilines is 1. The maximum absolute atomic E-state index is 14.4. The second-order valence-corrected chi connectivity index (χ2v) is 10.9. The number of amides is 2. The molecule has 0 saturated carbocycles. The van der Waals surface area contributed by atoms with Crippen LogP contribution in [-0.4, -0.2) is 34.4 Å². The Bertz CT molecular complexity index is 1380. The molecule has 0 radical (unpaired) electrons. The first-order valence-corrected chi connectivity index (χ1v) is 13.1. The van der Waals surface area contributed by atoms with Crippen LogP contribution in [0.1, 0.15) is 42.4 Å². The molecule has 0 aliphatic carbocycles. The van der Waals surface area contributed by atoms with E-state index in [1.807, 2.05) is 82.6 Å². The number of carbonyl (C=O) groups excluding carboxylic acids is 2. The monoisotopic (exact) mass is 542 g/mol. The third-order valence-electron chi connectivity index (χ3n) is 8.14. The number of benzene rings is 3. The standard InChI is InChI=1S/C30H27BrN2O3/c1-19(34)27-23(21-11-13-22(31)14-12-21)17-26-30(15-16-32(26)28(27)35)24-9-5-6-10-25(24)33(29(30)36)18-20-7-3-2-4-8-20/h2-14,23,26,34H,15-18H2,1H3/b27-19-/t23-,26-,30+/m0/s1. The number of hydrogen-bond donors (Lipinski definition) is 1. The predicted molar refractivity (Wildman–Crippen MR) is 143 cm³/mol. The Hall–Kier alpha value is -3.38. The molecule has 1 spiro atoms. The fourth-order valence-electron chi connectivity index (χ4n) is 6.54. The third kappa shape index (κ3) is 3.34. The molecule has 3 aromatic carbocycles. The Morgan fingerprint density at radius 1 is 1.00 bits per heavy atom. The molecule has 6 rings (SSSR count). The lowest BCUT2D eigenvalue weighted by Gasteiger charge is -2.42. The number of piperidine rings is 1. The molecular weight excluding hydrogens is 516 g/mol. The molecular formula is C30H27BrN2O3. The number of aliphatic hydroxyl groups is 1. The van der Waals surface area contributed by atoms with E-state index in [9.17, 15) is 14.7 Å². The van der Waals surface area contributed by atoms with E-state index in [0.717, 1.165) is 26.9 Å². The topological polar surface area (TPSA) is 60.9 Å². The summed E-state index contributed by atoms with van der Waals surface area (Å²) in [7, 11) is 0. The first kappa shape index (κ1) is 23.0. The van der Waals surface area contributed by atoms with Crippen molar-refractivity contribution in [2.24, 2.45) is 0 Å². The second kappa shape index (κ2) is 8.63. The van der Waals surface area contributed by atoms with Crippen molar-refractivity contribution in [1.29, 1.82) is 0 Å². The van der Waals surface area contributed by atoms with Crippen LogP contribution in [0.15, 0.2) is 94.7 Å². The second-order valence-electron chi connectivity index (χ2n) is 9.97. The third-order valence-corrected chi connectivity index (χ3v) is 8.67. The van der Waals surface area contributed by atoms with Gasteiger partial charge in [-0.25, -0.2) is 0 Å². The minimum Gasteiger partial charge on any atom is -0.512 e. The number of nitrogens with zero attached hydrogens (tertiary/aromatic N) is 2. The van der Waals surface area contributed by atoms with E-state index in [4.69, 9.17) is 0 Å². The minimum absolute atomic E-state index is 0.0520. The van der Waals surface area contributed by atoms with Gasteiger partial charge in [-0.15, -0.1) is 0 Å². The van der Waals surface area contributed by atoms with E-state index < -0.39 is 5.41 Å². The van der Waals surface area contributed by atoms with Crippen molar-refractivity contribution in [3.05, 3.63) is 111 Å². The maximum atomic E-state index is 14.4. The Kier molecular flexibility index (Phi) is 5.52. The normalized spacial score (nSPS) is 26.4. The summed E-state index contributed by atoms with van der Waals surface area (Å²) in [6.07, 6.45) is 1.16. The van der Waals surface area contributed by atoms with Crippen LogP contribution in [0.2, 0.25) is 0 Å². The number of fused-ring (bicyclic) bond motifs is 4. The summed E-state index contributed by atoms with van der Waals surface area (Å²) in [6, 6.07) is 25.7. The molecule has 3 heterocycles. The number of aliphatic hydroxyl groups excluding tert-OH is 1. The van der Waals surface area contributed by atoms with E-state index in [0.29, 0.717) is 31.5 Å². The largest absolute Gasteiger partial charge is 0.512 e. The summed E-state index contributed by atoms with van der Waals surface area (Å²) < 4.78 is 0.954. The Morgan fingerprint density at radius 3 is 2.42 bits per heavy atom. The molecule has 6 heteroatoms. The number of allylic oxidation sites excluding steroid dienone is 1. The fourth-order valence-corrected chi connectivity index (χ4v) is 6.81. The van der Waals surface area contributed by atoms with Crippen molar-refractivity contribution in [2.75, 3.05) is 11.4 Å². The SMILES string of the molecule is C/C(O)=C1/C(=O)N2CC[C@]3(C(=O)N(Cc4ccccc4)c4ccccc43)[C@@H]2C[C@H]1c1ccc(Br)cc1. The Labute approximate surface area is 219 Å². The van der Waals surface area contributed by atoms with E-state index in [-0.39, 0.29) is 29.5 Å². The molecule has 36 heavy (non-hydrogen) atoms. The van der Waals surface area contributed by atoms with Gasteiger partial charge in [0.1, 0.15) is 0 Å². The smallest absolute Gasteiger partial charge is 0.254 e. The van der Waals surface area contributed by atoms with Crippen LogP contribution in [0.4, 0.5) is 5.69 Å². The average molecular weight is 543 g/mol. The van der Waals surface area contributed by atoms with Gasteiger partial charge < -0.3 is 14.9 Å². The van der Waals surface area contributed by atoms with Gasteiger partial charge in [0.2, 0.25) is 5.91 Å². The van der Waals surface area contributed by atoms with Crippen molar-refractivity contribution in [1.82, 2.24) is 4.90 Å². The van der Waals surface area contributed by atoms with Gasteiger partial charge in [0, 0.05) is 22.6 Å². The molecule has 0 aromatic heterocycles. The fraction of sp³-hybridized carbons (Fsp3) is 0.267. The van der Waals surface area contributed by atoms with Crippen LogP contribution in [0, 0.1) is 0 Å². The molecule has 2 amide bonds. The molecule has 3 atom stereocenters. The summed E-state index contributed by atoms with van der Waals surface area (Å²) >= 11 is 3.49. The zero-order chi connectivity index (χ0) is 25.0. The predicted octanol–water partition coefficient (Wildman–Crippen LogP) is 5.85. The molecule has 3 aromatic rings. The molecule has 2 saturated heterocycles. The van der Waals surface area contributed by atoms with Gasteiger partial charge in [-0.05, 0) is 54.7 Å². The number of halogens is 1. The summed E-state index contributed by atoms with van der Waals surface area (Å²) in [5, 5.41) is 10.6. The van der Waals surface area contributed by atoms with Crippen LogP contribution >= 0.6 is 15.9 Å². The van der Waals surface area contributed by atoms with Gasteiger partial charge in [-0.1, -0.05) is 76.6 Å². The minimum atomic E-state index is -0.788. The molecule has 182 valence electrons. The van der Waals surface area contributed by atoms with Crippen molar-refractivity contribution in [2.45, 2.75) is 43.7 Å². The van der Waals surface area contributed by atoms with Crippen molar-refractivity contribution < 1.29 is 14.7 Å². The lowest BCUT2D eigenvalue weighted by molar-refractivity contribution is -0.132. The first-order chi connectivity index (χ1) is 17.4. The average Bonchev–Trinajstić information content (AvgIpc) is 3.38. The summed E-state index contributed by atoms with van der Waals surface area (Å²) in [6.45, 7) is 2.58. The van der Waals surface area contributed by atoms with Crippen molar-refractivity contribution in [3.8, 4) is 0 Å². The van der Waals surface area contributed by atoms with Crippen LogP contribution < -0.4 is 4.90 Å². The van der Waals surface area contributed by atoms with E-state index in [2.05, 4.69) is 22.0 Å². The van der Waals surface area contributed by atoms with Crippen LogP contribution in [-0.2, 0) is 21.5 Å². The molecule has 3 aliphatic rings. The zero-order valence-electron chi connectivity index (χ0n) is 20.0. The number of para-hydroxylation sites is 1. The van der Waals surface area contributed by atoms with E-state index in [1.165, 1.54) is 0 Å². The van der Waals surface area contributed by atoms with Gasteiger partial charge in [-0.3, -0.25) is 9.59 Å². The number of hydrogen-bond acceptors (Lipinski definition) is 3. The molecule has 0 unspecified atom stereocenters. The highest BCUT2D eigenvalue weighted by Gasteiger charge is 2.63. The lowest BCUT2D eigenvalue weighted by atomic mass is 9.69. The number of carbonyl (C=O) groups is 2.